The normalized spacial score (nSPS) is 22.9. The summed E-state index contributed by atoms with van der Waals surface area (Å²) in [5.41, 5.74) is 4.42. The molecule has 2 bridgehead atoms. The molecule has 1 aliphatic carbocycles. The van der Waals surface area contributed by atoms with E-state index in [1.165, 1.54) is 23.0 Å². The van der Waals surface area contributed by atoms with Gasteiger partial charge in [-0.25, -0.2) is 14.2 Å². The number of thiazole rings is 1. The largest absolute Gasteiger partial charge is 0.478 e. The van der Waals surface area contributed by atoms with Crippen LogP contribution in [0.25, 0.3) is 21.5 Å². The molecule has 3 fully saturated rings. The van der Waals surface area contributed by atoms with Gasteiger partial charge >= 0.3 is 5.97 Å². The lowest BCUT2D eigenvalue weighted by Gasteiger charge is -2.38. The van der Waals surface area contributed by atoms with Gasteiger partial charge in [0.25, 0.3) is 0 Å². The van der Waals surface area contributed by atoms with Crippen molar-refractivity contribution in [3.05, 3.63) is 64.7 Å². The second-order valence-corrected chi connectivity index (χ2v) is 11.8. The minimum Gasteiger partial charge on any atom is -0.478 e. The van der Waals surface area contributed by atoms with E-state index in [1.807, 2.05) is 12.1 Å². The van der Waals surface area contributed by atoms with Crippen LogP contribution in [0.1, 0.15) is 71.7 Å². The van der Waals surface area contributed by atoms with Crippen LogP contribution in [-0.2, 0) is 11.3 Å². The van der Waals surface area contributed by atoms with Gasteiger partial charge in [0.2, 0.25) is 0 Å². The van der Waals surface area contributed by atoms with E-state index < -0.39 is 11.8 Å². The van der Waals surface area contributed by atoms with E-state index in [0.717, 1.165) is 72.3 Å². The van der Waals surface area contributed by atoms with Crippen LogP contribution in [0, 0.1) is 12.7 Å². The smallest absolute Gasteiger partial charge is 0.335 e. The summed E-state index contributed by atoms with van der Waals surface area (Å²) < 4.78 is 27.6. The quantitative estimate of drug-likeness (QED) is 0.283. The summed E-state index contributed by atoms with van der Waals surface area (Å²) in [7, 11) is 0. The van der Waals surface area contributed by atoms with Gasteiger partial charge in [0.1, 0.15) is 17.0 Å². The van der Waals surface area contributed by atoms with Gasteiger partial charge in [-0.05, 0) is 63.1 Å². The van der Waals surface area contributed by atoms with Gasteiger partial charge in [-0.3, -0.25) is 0 Å². The van der Waals surface area contributed by atoms with E-state index in [1.54, 1.807) is 0 Å². The number of aromatic nitrogens is 2. The molecule has 2 aromatic heterocycles. The minimum absolute atomic E-state index is 0.0513. The summed E-state index contributed by atoms with van der Waals surface area (Å²) in [4.78, 5) is 18.3. The van der Waals surface area contributed by atoms with Crippen molar-refractivity contribution in [3.63, 3.8) is 0 Å². The molecule has 2 saturated heterocycles. The van der Waals surface area contributed by atoms with Crippen molar-refractivity contribution in [2.75, 3.05) is 4.90 Å². The Kier molecular flexibility index (Phi) is 5.74. The van der Waals surface area contributed by atoms with Crippen molar-refractivity contribution in [3.8, 4) is 11.3 Å². The van der Waals surface area contributed by atoms with Gasteiger partial charge in [-0.2, -0.15) is 0 Å². The summed E-state index contributed by atoms with van der Waals surface area (Å²) in [5, 5.41) is 14.5. The fourth-order valence-electron chi connectivity index (χ4n) is 6.17. The number of aromatic carboxylic acids is 1. The van der Waals surface area contributed by atoms with Gasteiger partial charge in [-0.1, -0.05) is 40.8 Å². The molecule has 7 rings (SSSR count). The maximum atomic E-state index is 14.6. The Bertz CT molecular complexity index is 1530. The summed E-state index contributed by atoms with van der Waals surface area (Å²) in [6.45, 7) is 2.57. The number of fused-ring (bicyclic) bond motifs is 3. The van der Waals surface area contributed by atoms with E-state index in [0.29, 0.717) is 17.2 Å². The number of rotatable bonds is 7. The topological polar surface area (TPSA) is 88.7 Å². The highest BCUT2D eigenvalue weighted by atomic mass is 32.1. The number of nitrogens with zero attached hydrogens (tertiary/aromatic N) is 3. The Hall–Kier alpha value is -3.30. The molecule has 0 amide bonds. The number of piperidine rings is 1. The SMILES string of the molecule is Cc1ccccc1-c1noc(C2CC2)c1COC1CC2CCC(C1)N2c1nc2c(F)cc(C(=O)O)cc2s1. The molecule has 2 atom stereocenters. The average Bonchev–Trinajstić information content (AvgIpc) is 3.41. The van der Waals surface area contributed by atoms with Crippen LogP contribution in [0.3, 0.4) is 0 Å². The molecule has 2 unspecified atom stereocenters. The van der Waals surface area contributed by atoms with Gasteiger partial charge in [0, 0.05) is 29.1 Å². The van der Waals surface area contributed by atoms with Gasteiger partial charge in [0.15, 0.2) is 10.9 Å². The Morgan fingerprint density at radius 2 is 1.95 bits per heavy atom. The number of halogens is 1. The molecule has 4 aromatic rings. The van der Waals surface area contributed by atoms with E-state index in [4.69, 9.17) is 9.26 Å². The van der Waals surface area contributed by atoms with Gasteiger partial charge in [-0.15, -0.1) is 0 Å². The van der Waals surface area contributed by atoms with Crippen LogP contribution in [-0.4, -0.2) is 39.4 Å². The highest BCUT2D eigenvalue weighted by Gasteiger charge is 2.43. The average molecular weight is 534 g/mol. The van der Waals surface area contributed by atoms with Crippen LogP contribution in [0.5, 0.6) is 0 Å². The number of hydrogen-bond acceptors (Lipinski definition) is 7. The Balaban J connectivity index is 1.10. The van der Waals surface area contributed by atoms with Crippen molar-refractivity contribution in [1.82, 2.24) is 10.1 Å². The zero-order valence-electron chi connectivity index (χ0n) is 21.0. The molecular formula is C29H28FN3O4S. The number of carboxylic acids is 1. The zero-order chi connectivity index (χ0) is 26.0. The molecule has 1 N–H and O–H groups in total. The molecule has 2 aromatic carbocycles. The first-order valence-electron chi connectivity index (χ1n) is 13.2. The van der Waals surface area contributed by atoms with Crippen LogP contribution >= 0.6 is 11.3 Å². The molecular weight excluding hydrogens is 505 g/mol. The highest BCUT2D eigenvalue weighted by molar-refractivity contribution is 7.22. The van der Waals surface area contributed by atoms with Crippen molar-refractivity contribution in [2.45, 2.75) is 76.2 Å². The third-order valence-electron chi connectivity index (χ3n) is 8.23. The summed E-state index contributed by atoms with van der Waals surface area (Å²) in [6.07, 6.45) is 6.21. The zero-order valence-corrected chi connectivity index (χ0v) is 21.8. The van der Waals surface area contributed by atoms with Crippen molar-refractivity contribution >= 4 is 32.7 Å². The van der Waals surface area contributed by atoms with Crippen molar-refractivity contribution < 1.29 is 23.6 Å². The molecule has 196 valence electrons. The molecule has 9 heteroatoms. The maximum Gasteiger partial charge on any atom is 0.335 e. The second-order valence-electron chi connectivity index (χ2n) is 10.8. The van der Waals surface area contributed by atoms with Crippen LogP contribution in [0.2, 0.25) is 0 Å². The van der Waals surface area contributed by atoms with E-state index in [2.05, 4.69) is 34.1 Å². The van der Waals surface area contributed by atoms with Crippen LogP contribution < -0.4 is 4.90 Å². The lowest BCUT2D eigenvalue weighted by molar-refractivity contribution is 0.0147. The molecule has 0 spiro atoms. The fraction of sp³-hybridized carbons (Fsp3) is 0.414. The van der Waals surface area contributed by atoms with Crippen molar-refractivity contribution in [1.29, 1.82) is 0 Å². The highest BCUT2D eigenvalue weighted by Crippen LogP contribution is 2.46. The number of hydrogen-bond donors (Lipinski definition) is 1. The number of ether oxygens (including phenoxy) is 1. The molecule has 0 radical (unpaired) electrons. The van der Waals surface area contributed by atoms with E-state index >= 15 is 0 Å². The van der Waals surface area contributed by atoms with Gasteiger partial charge < -0.3 is 19.3 Å². The number of carboxylic acid groups (broad SMARTS) is 1. The number of benzene rings is 2. The third-order valence-corrected chi connectivity index (χ3v) is 9.24. The first-order valence-corrected chi connectivity index (χ1v) is 14.1. The van der Waals surface area contributed by atoms with Gasteiger partial charge in [0.05, 0.1) is 23.0 Å². The van der Waals surface area contributed by atoms with Crippen molar-refractivity contribution in [2.24, 2.45) is 0 Å². The molecule has 3 aliphatic rings. The maximum absolute atomic E-state index is 14.6. The molecule has 2 aliphatic heterocycles. The van der Waals surface area contributed by atoms with E-state index in [9.17, 15) is 14.3 Å². The van der Waals surface area contributed by atoms with Crippen LogP contribution in [0.15, 0.2) is 40.9 Å². The third kappa shape index (κ3) is 4.08. The lowest BCUT2D eigenvalue weighted by atomic mass is 9.99. The summed E-state index contributed by atoms with van der Waals surface area (Å²) in [5.74, 6) is -0.307. The summed E-state index contributed by atoms with van der Waals surface area (Å²) >= 11 is 1.37. The monoisotopic (exact) mass is 533 g/mol. The number of anilines is 1. The predicted molar refractivity (Wildman–Crippen MR) is 142 cm³/mol. The molecule has 1 saturated carbocycles. The van der Waals surface area contributed by atoms with E-state index in [-0.39, 0.29) is 29.3 Å². The molecule has 38 heavy (non-hydrogen) atoms. The minimum atomic E-state index is -1.14. The van der Waals surface area contributed by atoms with Crippen LogP contribution in [0.4, 0.5) is 9.52 Å². The summed E-state index contributed by atoms with van der Waals surface area (Å²) in [6, 6.07) is 11.3. The fourth-order valence-corrected chi connectivity index (χ4v) is 7.33. The number of aryl methyl sites for hydroxylation is 1. The Morgan fingerprint density at radius 1 is 1.18 bits per heavy atom. The Morgan fingerprint density at radius 3 is 2.66 bits per heavy atom. The molecule has 4 heterocycles. The predicted octanol–water partition coefficient (Wildman–Crippen LogP) is 6.69. The number of carbonyl (C=O) groups is 1. The Labute approximate surface area is 223 Å². The second kappa shape index (κ2) is 9.17. The first kappa shape index (κ1) is 23.8. The first-order chi connectivity index (χ1) is 18.5. The standard InChI is InChI=1S/C29H28FN3O4S/c1-15-4-2-3-5-21(15)25-22(27(37-32-25)16-6-7-16)14-36-20-12-18-8-9-19(13-20)33(18)29-31-26-23(30)10-17(28(34)35)11-24(26)38-29/h2-5,10-11,16,18-20H,6-9,12-14H2,1H3,(H,34,35). The lowest BCUT2D eigenvalue weighted by Crippen LogP contribution is -2.45. The molecule has 7 nitrogen and oxygen atoms in total.